The minimum absolute atomic E-state index is 0.00970. The van der Waals surface area contributed by atoms with E-state index in [1.165, 1.54) is 11.1 Å². The molecule has 0 atom stereocenters. The zero-order chi connectivity index (χ0) is 26.0. The van der Waals surface area contributed by atoms with Gasteiger partial charge in [-0.25, -0.2) is 0 Å². The molecule has 0 aliphatic carbocycles. The van der Waals surface area contributed by atoms with Crippen LogP contribution in [0.5, 0.6) is 11.5 Å². The summed E-state index contributed by atoms with van der Waals surface area (Å²) < 4.78 is 12.5. The first kappa shape index (κ1) is 27.0. The van der Waals surface area contributed by atoms with Crippen molar-refractivity contribution in [3.63, 3.8) is 0 Å². The second kappa shape index (κ2) is 8.52. The summed E-state index contributed by atoms with van der Waals surface area (Å²) in [6, 6.07) is 9.08. The van der Waals surface area contributed by atoms with E-state index in [4.69, 9.17) is 9.05 Å². The molecule has 188 valence electrons. The fraction of sp³-hybridized carbons (Fsp3) is 0.600. The Labute approximate surface area is 209 Å². The topological polar surface area (TPSA) is 38.7 Å². The van der Waals surface area contributed by atoms with E-state index < -0.39 is 8.60 Å². The molecule has 3 nitrogen and oxygen atoms in total. The van der Waals surface area contributed by atoms with Crippen molar-refractivity contribution >= 4 is 8.60 Å². The second-order valence-corrected chi connectivity index (χ2v) is 14.9. The Morgan fingerprint density at radius 2 is 0.912 bits per heavy atom. The molecule has 0 spiro atoms. The molecule has 4 heteroatoms. The average Bonchev–Trinajstić information content (AvgIpc) is 2.63. The molecule has 1 aliphatic rings. The third kappa shape index (κ3) is 5.31. The van der Waals surface area contributed by atoms with E-state index in [0.717, 1.165) is 33.8 Å². The molecule has 0 bridgehead atoms. The first-order valence-electron chi connectivity index (χ1n) is 12.4. The van der Waals surface area contributed by atoms with Gasteiger partial charge in [0, 0.05) is 28.2 Å². The van der Waals surface area contributed by atoms with E-state index in [-0.39, 0.29) is 27.6 Å². The lowest BCUT2D eigenvalue weighted by molar-refractivity contribution is 0.361. The maximum absolute atomic E-state index is 11.1. The van der Waals surface area contributed by atoms with Crippen LogP contribution < -0.4 is 9.05 Å². The van der Waals surface area contributed by atoms with E-state index in [1.54, 1.807) is 0 Å². The van der Waals surface area contributed by atoms with Gasteiger partial charge in [-0.15, -0.1) is 0 Å². The maximum atomic E-state index is 11.1. The molecule has 1 heterocycles. The molecule has 0 fully saturated rings. The number of rotatable bonds is 0. The summed E-state index contributed by atoms with van der Waals surface area (Å²) in [5.41, 5.74) is 6.70. The Morgan fingerprint density at radius 3 is 1.18 bits per heavy atom. The van der Waals surface area contributed by atoms with Crippen molar-refractivity contribution in [2.24, 2.45) is 0 Å². The van der Waals surface area contributed by atoms with Crippen LogP contribution in [0, 0.1) is 0 Å². The average molecular weight is 485 g/mol. The Balaban J connectivity index is 2.44. The molecule has 2 aromatic carbocycles. The lowest BCUT2D eigenvalue weighted by Crippen LogP contribution is -2.22. The number of hydrogen-bond acceptors (Lipinski definition) is 3. The van der Waals surface area contributed by atoms with Crippen LogP contribution in [0.1, 0.15) is 129 Å². The van der Waals surface area contributed by atoms with Crippen LogP contribution in [0.2, 0.25) is 0 Å². The Bertz CT molecular complexity index is 987. The molecule has 0 aromatic heterocycles. The third-order valence-corrected chi connectivity index (χ3v) is 7.53. The molecule has 34 heavy (non-hydrogen) atoms. The van der Waals surface area contributed by atoms with Gasteiger partial charge in [-0.1, -0.05) is 114 Å². The summed E-state index contributed by atoms with van der Waals surface area (Å²) >= 11 is 0. The second-order valence-electron chi connectivity index (χ2n) is 14.0. The van der Waals surface area contributed by atoms with Gasteiger partial charge in [0.25, 0.3) is 0 Å². The highest BCUT2D eigenvalue weighted by Crippen LogP contribution is 2.54. The molecule has 0 saturated heterocycles. The van der Waals surface area contributed by atoms with Gasteiger partial charge >= 0.3 is 8.60 Å². The van der Waals surface area contributed by atoms with E-state index in [1.807, 2.05) is 0 Å². The van der Waals surface area contributed by atoms with Gasteiger partial charge in [0.15, 0.2) is 0 Å². The van der Waals surface area contributed by atoms with Gasteiger partial charge in [0.05, 0.1) is 0 Å². The molecular formula is C30H45O3P. The van der Waals surface area contributed by atoms with Crippen LogP contribution in [0.25, 0.3) is 0 Å². The number of benzene rings is 2. The van der Waals surface area contributed by atoms with Crippen LogP contribution in [-0.2, 0) is 21.7 Å². The predicted octanol–water partition coefficient (Wildman–Crippen LogP) is 9.02. The van der Waals surface area contributed by atoms with Crippen molar-refractivity contribution in [1.82, 2.24) is 0 Å². The van der Waals surface area contributed by atoms with Gasteiger partial charge in [-0.05, 0) is 32.8 Å². The van der Waals surface area contributed by atoms with Gasteiger partial charge < -0.3 is 13.9 Å². The van der Waals surface area contributed by atoms with Crippen LogP contribution in [0.3, 0.4) is 0 Å². The Morgan fingerprint density at radius 1 is 0.588 bits per heavy atom. The summed E-state index contributed by atoms with van der Waals surface area (Å²) in [5.74, 6) is 1.58. The summed E-state index contributed by atoms with van der Waals surface area (Å²) in [7, 11) is -2.13. The first-order chi connectivity index (χ1) is 15.2. The normalized spacial score (nSPS) is 19.4. The maximum Gasteiger partial charge on any atom is 0.460 e. The third-order valence-electron chi connectivity index (χ3n) is 6.86. The van der Waals surface area contributed by atoms with Crippen molar-refractivity contribution in [3.8, 4) is 11.5 Å². The van der Waals surface area contributed by atoms with Gasteiger partial charge in [0.2, 0.25) is 0 Å². The number of fused-ring (bicyclic) bond motifs is 2. The Kier molecular flexibility index (Phi) is 6.78. The predicted molar refractivity (Wildman–Crippen MR) is 146 cm³/mol. The van der Waals surface area contributed by atoms with Crippen molar-refractivity contribution in [2.45, 2.75) is 118 Å². The van der Waals surface area contributed by atoms with E-state index >= 15 is 0 Å². The van der Waals surface area contributed by atoms with Crippen LogP contribution >= 0.6 is 8.60 Å². The minimum Gasteiger partial charge on any atom is -0.417 e. The molecule has 1 aliphatic heterocycles. The quantitative estimate of drug-likeness (QED) is 0.379. The summed E-state index contributed by atoms with van der Waals surface area (Å²) in [4.78, 5) is 11.1. The zero-order valence-electron chi connectivity index (χ0n) is 23.6. The highest BCUT2D eigenvalue weighted by molar-refractivity contribution is 7.41. The highest BCUT2D eigenvalue weighted by atomic mass is 31.2. The zero-order valence-corrected chi connectivity index (χ0v) is 24.5. The summed E-state index contributed by atoms with van der Waals surface area (Å²) in [6.45, 7) is 28.9. The SMILES string of the molecule is CC1c2cc(C(C)(C)C)cc(C(C)(C)C)c2OP(O)Oc2c1cc(C(C)(C)C)cc2C(C)(C)C. The monoisotopic (exact) mass is 484 g/mol. The molecule has 0 amide bonds. The summed E-state index contributed by atoms with van der Waals surface area (Å²) in [6.07, 6.45) is 0. The first-order valence-corrected chi connectivity index (χ1v) is 13.6. The van der Waals surface area contributed by atoms with Crippen molar-refractivity contribution in [1.29, 1.82) is 0 Å². The summed E-state index contributed by atoms with van der Waals surface area (Å²) in [5, 5.41) is 0. The molecule has 0 saturated carbocycles. The molecular weight excluding hydrogens is 439 g/mol. The highest BCUT2D eigenvalue weighted by Gasteiger charge is 2.36. The van der Waals surface area contributed by atoms with Crippen molar-refractivity contribution in [3.05, 3.63) is 57.6 Å². The lowest BCUT2D eigenvalue weighted by atomic mass is 9.74. The number of hydrogen-bond donors (Lipinski definition) is 1. The van der Waals surface area contributed by atoms with Crippen molar-refractivity contribution < 1.29 is 13.9 Å². The lowest BCUT2D eigenvalue weighted by Gasteiger charge is -2.35. The van der Waals surface area contributed by atoms with Gasteiger partial charge in [-0.3, -0.25) is 0 Å². The Hall–Kier alpha value is -1.57. The van der Waals surface area contributed by atoms with Crippen LogP contribution in [-0.4, -0.2) is 4.89 Å². The fourth-order valence-electron chi connectivity index (χ4n) is 4.47. The largest absolute Gasteiger partial charge is 0.460 e. The molecule has 3 rings (SSSR count). The van der Waals surface area contributed by atoms with Crippen molar-refractivity contribution in [2.75, 3.05) is 0 Å². The van der Waals surface area contributed by atoms with E-state index in [2.05, 4.69) is 114 Å². The van der Waals surface area contributed by atoms with Crippen LogP contribution in [0.15, 0.2) is 24.3 Å². The molecule has 0 unspecified atom stereocenters. The molecule has 2 aromatic rings. The minimum atomic E-state index is -2.13. The molecule has 0 radical (unpaired) electrons. The van der Waals surface area contributed by atoms with E-state index in [0.29, 0.717) is 0 Å². The van der Waals surface area contributed by atoms with Gasteiger partial charge in [-0.2, -0.15) is 0 Å². The van der Waals surface area contributed by atoms with Crippen LogP contribution in [0.4, 0.5) is 0 Å². The smallest absolute Gasteiger partial charge is 0.417 e. The van der Waals surface area contributed by atoms with E-state index in [9.17, 15) is 4.89 Å². The van der Waals surface area contributed by atoms with Gasteiger partial charge in [0.1, 0.15) is 11.5 Å². The standard InChI is InChI=1S/C30H45O3P/c1-18-21-14-19(27(2,3)4)16-23(29(8,9)10)25(21)32-34(31)33-26-22(18)15-20(28(5,6)7)17-24(26)30(11,12)13/h14-18,31H,1-13H3. The molecule has 1 N–H and O–H groups in total. The fourth-order valence-corrected chi connectivity index (χ4v) is 5.23.